The van der Waals surface area contributed by atoms with Gasteiger partial charge in [-0.1, -0.05) is 24.3 Å². The van der Waals surface area contributed by atoms with Crippen LogP contribution in [0.1, 0.15) is 11.1 Å². The summed E-state index contributed by atoms with van der Waals surface area (Å²) in [5, 5.41) is 6.92. The largest absolute Gasteiger partial charge is 0.385 e. The van der Waals surface area contributed by atoms with Gasteiger partial charge in [-0.15, -0.1) is 0 Å². The molecule has 1 atom stereocenters. The van der Waals surface area contributed by atoms with Crippen molar-refractivity contribution in [2.24, 2.45) is 5.73 Å². The van der Waals surface area contributed by atoms with Crippen molar-refractivity contribution in [2.75, 3.05) is 0 Å². The first-order valence-electron chi connectivity index (χ1n) is 4.13. The standard InChI is InChI=1S/C10H13FN2/c1-7-4-2-3-5-8(7)6-9(11)10(12)13/h2-5,9H,6H2,1H3,(H3,12,13). The molecule has 0 aliphatic carbocycles. The maximum Gasteiger partial charge on any atom is 0.160 e. The van der Waals surface area contributed by atoms with E-state index in [0.29, 0.717) is 0 Å². The third-order valence-corrected chi connectivity index (χ3v) is 2.00. The summed E-state index contributed by atoms with van der Waals surface area (Å²) < 4.78 is 13.0. The molecular weight excluding hydrogens is 167 g/mol. The minimum absolute atomic E-state index is 0.196. The minimum atomic E-state index is -1.36. The Kier molecular flexibility index (Phi) is 3.01. The van der Waals surface area contributed by atoms with Gasteiger partial charge >= 0.3 is 0 Å². The highest BCUT2D eigenvalue weighted by molar-refractivity contribution is 5.81. The molecule has 0 radical (unpaired) electrons. The topological polar surface area (TPSA) is 49.9 Å². The van der Waals surface area contributed by atoms with Gasteiger partial charge in [0.15, 0.2) is 6.17 Å². The van der Waals surface area contributed by atoms with Crippen LogP contribution in [0.15, 0.2) is 24.3 Å². The highest BCUT2D eigenvalue weighted by atomic mass is 19.1. The van der Waals surface area contributed by atoms with Crippen LogP contribution in [0.4, 0.5) is 4.39 Å². The van der Waals surface area contributed by atoms with E-state index in [1.54, 1.807) is 0 Å². The van der Waals surface area contributed by atoms with Gasteiger partial charge in [-0.2, -0.15) is 0 Å². The van der Waals surface area contributed by atoms with Crippen molar-refractivity contribution in [3.05, 3.63) is 35.4 Å². The van der Waals surface area contributed by atoms with Gasteiger partial charge in [-0.3, -0.25) is 5.41 Å². The van der Waals surface area contributed by atoms with E-state index in [0.717, 1.165) is 11.1 Å². The number of hydrogen-bond donors (Lipinski definition) is 2. The molecule has 70 valence electrons. The lowest BCUT2D eigenvalue weighted by Crippen LogP contribution is -2.25. The average molecular weight is 180 g/mol. The molecule has 0 spiro atoms. The molecule has 0 heterocycles. The molecule has 0 aromatic heterocycles. The summed E-state index contributed by atoms with van der Waals surface area (Å²) in [5.74, 6) is -0.400. The van der Waals surface area contributed by atoms with Crippen LogP contribution < -0.4 is 5.73 Å². The molecule has 0 amide bonds. The van der Waals surface area contributed by atoms with Gasteiger partial charge in [0.05, 0.1) is 0 Å². The number of alkyl halides is 1. The van der Waals surface area contributed by atoms with Crippen molar-refractivity contribution in [1.29, 1.82) is 5.41 Å². The summed E-state index contributed by atoms with van der Waals surface area (Å²) in [6, 6.07) is 7.53. The number of benzene rings is 1. The monoisotopic (exact) mass is 180 g/mol. The zero-order valence-electron chi connectivity index (χ0n) is 7.55. The van der Waals surface area contributed by atoms with Crippen LogP contribution >= 0.6 is 0 Å². The number of rotatable bonds is 3. The van der Waals surface area contributed by atoms with E-state index in [2.05, 4.69) is 0 Å². The smallest absolute Gasteiger partial charge is 0.160 e. The molecule has 0 saturated carbocycles. The van der Waals surface area contributed by atoms with Crippen LogP contribution in [0.3, 0.4) is 0 Å². The second kappa shape index (κ2) is 4.03. The summed E-state index contributed by atoms with van der Waals surface area (Å²) in [7, 11) is 0. The minimum Gasteiger partial charge on any atom is -0.385 e. The van der Waals surface area contributed by atoms with E-state index in [-0.39, 0.29) is 6.42 Å². The summed E-state index contributed by atoms with van der Waals surface area (Å²) in [6.45, 7) is 1.92. The fraction of sp³-hybridized carbons (Fsp3) is 0.300. The van der Waals surface area contributed by atoms with Gasteiger partial charge in [0, 0.05) is 6.42 Å². The third kappa shape index (κ3) is 2.54. The predicted molar refractivity (Wildman–Crippen MR) is 51.7 cm³/mol. The zero-order chi connectivity index (χ0) is 9.84. The molecule has 3 N–H and O–H groups in total. The molecule has 3 heteroatoms. The molecule has 1 aromatic rings. The SMILES string of the molecule is Cc1ccccc1CC(F)C(=N)N. The Hall–Kier alpha value is -1.38. The summed E-state index contributed by atoms with van der Waals surface area (Å²) in [4.78, 5) is 0. The molecule has 1 rings (SSSR count). The Morgan fingerprint density at radius 2 is 2.15 bits per heavy atom. The number of nitrogens with two attached hydrogens (primary N) is 1. The Morgan fingerprint density at radius 1 is 1.54 bits per heavy atom. The highest BCUT2D eigenvalue weighted by Gasteiger charge is 2.11. The van der Waals surface area contributed by atoms with Crippen LogP contribution in [0, 0.1) is 12.3 Å². The highest BCUT2D eigenvalue weighted by Crippen LogP contribution is 2.10. The number of amidine groups is 1. The summed E-state index contributed by atoms with van der Waals surface area (Å²) >= 11 is 0. The molecule has 0 fully saturated rings. The van der Waals surface area contributed by atoms with Gasteiger partial charge in [0.25, 0.3) is 0 Å². The van der Waals surface area contributed by atoms with Gasteiger partial charge in [-0.05, 0) is 18.1 Å². The lowest BCUT2D eigenvalue weighted by Gasteiger charge is -2.08. The molecular formula is C10H13FN2. The molecule has 0 bridgehead atoms. The van der Waals surface area contributed by atoms with E-state index in [4.69, 9.17) is 11.1 Å². The van der Waals surface area contributed by atoms with E-state index in [9.17, 15) is 4.39 Å². The normalized spacial score (nSPS) is 12.5. The lowest BCUT2D eigenvalue weighted by molar-refractivity contribution is 0.417. The van der Waals surface area contributed by atoms with Crippen molar-refractivity contribution < 1.29 is 4.39 Å². The Balaban J connectivity index is 2.74. The second-order valence-corrected chi connectivity index (χ2v) is 3.05. The second-order valence-electron chi connectivity index (χ2n) is 3.05. The predicted octanol–water partition coefficient (Wildman–Crippen LogP) is 1.81. The maximum absolute atomic E-state index is 13.0. The number of hydrogen-bond acceptors (Lipinski definition) is 1. The first-order chi connectivity index (χ1) is 6.11. The van der Waals surface area contributed by atoms with Crippen molar-refractivity contribution in [3.63, 3.8) is 0 Å². The summed E-state index contributed by atoms with van der Waals surface area (Å²) in [6.07, 6.45) is -1.16. The van der Waals surface area contributed by atoms with E-state index in [1.807, 2.05) is 31.2 Å². The van der Waals surface area contributed by atoms with Crippen molar-refractivity contribution in [3.8, 4) is 0 Å². The van der Waals surface area contributed by atoms with Gasteiger partial charge in [0.1, 0.15) is 5.84 Å². The zero-order valence-corrected chi connectivity index (χ0v) is 7.55. The first-order valence-corrected chi connectivity index (χ1v) is 4.13. The van der Waals surface area contributed by atoms with Crippen LogP contribution in [-0.2, 0) is 6.42 Å². The number of aryl methyl sites for hydroxylation is 1. The molecule has 0 aliphatic heterocycles. The lowest BCUT2D eigenvalue weighted by atomic mass is 10.0. The fourth-order valence-corrected chi connectivity index (χ4v) is 1.14. The molecule has 0 aliphatic rings. The first kappa shape index (κ1) is 9.71. The van der Waals surface area contributed by atoms with E-state index in [1.165, 1.54) is 0 Å². The summed E-state index contributed by atoms with van der Waals surface area (Å²) in [5.41, 5.74) is 6.98. The molecule has 1 unspecified atom stereocenters. The van der Waals surface area contributed by atoms with E-state index >= 15 is 0 Å². The van der Waals surface area contributed by atoms with Crippen molar-refractivity contribution >= 4 is 5.84 Å². The van der Waals surface area contributed by atoms with Gasteiger partial charge in [-0.25, -0.2) is 4.39 Å². The van der Waals surface area contributed by atoms with Crippen LogP contribution in [0.5, 0.6) is 0 Å². The Labute approximate surface area is 77.1 Å². The quantitative estimate of drug-likeness (QED) is 0.541. The maximum atomic E-state index is 13.0. The van der Waals surface area contributed by atoms with Crippen LogP contribution in [0.2, 0.25) is 0 Å². The average Bonchev–Trinajstić information content (AvgIpc) is 2.08. The number of halogens is 1. The van der Waals surface area contributed by atoms with Gasteiger partial charge < -0.3 is 5.73 Å². The Bertz CT molecular complexity index is 310. The van der Waals surface area contributed by atoms with Crippen LogP contribution in [-0.4, -0.2) is 12.0 Å². The molecule has 2 nitrogen and oxygen atoms in total. The molecule has 0 saturated heterocycles. The van der Waals surface area contributed by atoms with E-state index < -0.39 is 12.0 Å². The number of nitrogens with one attached hydrogen (secondary N) is 1. The molecule has 13 heavy (non-hydrogen) atoms. The van der Waals surface area contributed by atoms with Crippen LogP contribution in [0.25, 0.3) is 0 Å². The van der Waals surface area contributed by atoms with Crippen molar-refractivity contribution in [2.45, 2.75) is 19.5 Å². The van der Waals surface area contributed by atoms with Gasteiger partial charge in [0.2, 0.25) is 0 Å². The fourth-order valence-electron chi connectivity index (χ4n) is 1.14. The van der Waals surface area contributed by atoms with Crippen molar-refractivity contribution in [1.82, 2.24) is 0 Å². The third-order valence-electron chi connectivity index (χ3n) is 2.00. The molecule has 1 aromatic carbocycles. The Morgan fingerprint density at radius 3 is 2.69 bits per heavy atom.